The van der Waals surface area contributed by atoms with Crippen molar-refractivity contribution < 1.29 is 14.4 Å². The maximum Gasteiger partial charge on any atom is 0.319 e. The van der Waals surface area contributed by atoms with Gasteiger partial charge in [-0.2, -0.15) is 0 Å². The predicted octanol–water partition coefficient (Wildman–Crippen LogP) is 2.98. The van der Waals surface area contributed by atoms with Crippen molar-refractivity contribution in [2.24, 2.45) is 5.92 Å². The number of carbonyl (C=O) groups excluding carboxylic acids is 3. The van der Waals surface area contributed by atoms with Crippen molar-refractivity contribution in [3.63, 3.8) is 0 Å². The molecular formula is C26H33N5O3. The first-order valence-electron chi connectivity index (χ1n) is 11.9. The van der Waals surface area contributed by atoms with E-state index in [9.17, 15) is 14.4 Å². The Bertz CT molecular complexity index is 1010. The van der Waals surface area contributed by atoms with E-state index in [1.54, 1.807) is 36.0 Å². The third-order valence-electron chi connectivity index (χ3n) is 6.62. The number of benzene rings is 2. The number of carbonyl (C=O) groups is 3. The van der Waals surface area contributed by atoms with Crippen molar-refractivity contribution >= 4 is 29.2 Å². The smallest absolute Gasteiger partial charge is 0.319 e. The molecule has 0 aliphatic carbocycles. The monoisotopic (exact) mass is 463 g/mol. The Balaban J connectivity index is 1.35. The first kappa shape index (κ1) is 23.6. The lowest BCUT2D eigenvalue weighted by Gasteiger charge is -2.36. The van der Waals surface area contributed by atoms with Crippen molar-refractivity contribution in [1.29, 1.82) is 0 Å². The highest BCUT2D eigenvalue weighted by Crippen LogP contribution is 2.24. The number of nitrogens with one attached hydrogen (secondary N) is 1. The fourth-order valence-electron chi connectivity index (χ4n) is 4.61. The molecule has 4 rings (SSSR count). The van der Waals surface area contributed by atoms with Gasteiger partial charge in [-0.25, -0.2) is 4.79 Å². The molecular weight excluding hydrogens is 430 g/mol. The van der Waals surface area contributed by atoms with E-state index in [1.165, 1.54) is 5.69 Å². The van der Waals surface area contributed by atoms with Crippen LogP contribution in [0.1, 0.15) is 23.2 Å². The highest BCUT2D eigenvalue weighted by molar-refractivity contribution is 6.04. The van der Waals surface area contributed by atoms with Gasteiger partial charge in [-0.05, 0) is 37.1 Å². The normalized spacial score (nSPS) is 16.8. The number of piperidine rings is 1. The van der Waals surface area contributed by atoms with E-state index in [2.05, 4.69) is 22.3 Å². The molecule has 0 aromatic heterocycles. The fraction of sp³-hybridized carbons (Fsp3) is 0.423. The summed E-state index contributed by atoms with van der Waals surface area (Å²) in [6, 6.07) is 17.4. The quantitative estimate of drug-likeness (QED) is 0.757. The van der Waals surface area contributed by atoms with Gasteiger partial charge in [0.1, 0.15) is 0 Å². The molecule has 2 heterocycles. The molecule has 2 aromatic carbocycles. The Hall–Kier alpha value is -3.55. The molecule has 1 N–H and O–H groups in total. The molecule has 2 aliphatic heterocycles. The molecule has 2 aromatic rings. The molecule has 2 aliphatic rings. The zero-order chi connectivity index (χ0) is 24.1. The number of para-hydroxylation sites is 2. The summed E-state index contributed by atoms with van der Waals surface area (Å²) in [5.41, 5.74) is 2.24. The molecule has 2 fully saturated rings. The minimum atomic E-state index is -0.177. The Morgan fingerprint density at radius 3 is 2.06 bits per heavy atom. The minimum absolute atomic E-state index is 0.0258. The third-order valence-corrected chi connectivity index (χ3v) is 6.62. The Kier molecular flexibility index (Phi) is 7.35. The number of piperazine rings is 1. The maximum atomic E-state index is 13.3. The second-order valence-electron chi connectivity index (χ2n) is 9.09. The number of hydrogen-bond acceptors (Lipinski definition) is 4. The predicted molar refractivity (Wildman–Crippen MR) is 133 cm³/mol. The first-order valence-corrected chi connectivity index (χ1v) is 11.9. The van der Waals surface area contributed by atoms with Gasteiger partial charge in [0, 0.05) is 65.0 Å². The molecule has 0 bridgehead atoms. The maximum absolute atomic E-state index is 13.3. The first-order chi connectivity index (χ1) is 16.4. The number of likely N-dealkylation sites (tertiary alicyclic amines) is 1. The molecule has 0 atom stereocenters. The van der Waals surface area contributed by atoms with Crippen LogP contribution < -0.4 is 10.2 Å². The summed E-state index contributed by atoms with van der Waals surface area (Å²) in [5, 5.41) is 2.99. The average molecular weight is 464 g/mol. The van der Waals surface area contributed by atoms with Crippen LogP contribution in [-0.2, 0) is 4.79 Å². The molecule has 2 saturated heterocycles. The summed E-state index contributed by atoms with van der Waals surface area (Å²) in [7, 11) is 3.47. The van der Waals surface area contributed by atoms with Crippen LogP contribution in [-0.4, -0.2) is 85.9 Å². The Morgan fingerprint density at radius 1 is 0.794 bits per heavy atom. The summed E-state index contributed by atoms with van der Waals surface area (Å²) in [6.07, 6.45) is 1.23. The number of anilines is 2. The van der Waals surface area contributed by atoms with Crippen molar-refractivity contribution in [2.75, 3.05) is 63.6 Å². The topological polar surface area (TPSA) is 76.2 Å². The summed E-state index contributed by atoms with van der Waals surface area (Å²) in [6.45, 7) is 3.93. The molecule has 0 radical (unpaired) electrons. The Labute approximate surface area is 201 Å². The minimum Gasteiger partial charge on any atom is -0.368 e. The zero-order valence-corrected chi connectivity index (χ0v) is 19.9. The summed E-state index contributed by atoms with van der Waals surface area (Å²) in [4.78, 5) is 45.9. The summed E-state index contributed by atoms with van der Waals surface area (Å²) >= 11 is 0. The van der Waals surface area contributed by atoms with Gasteiger partial charge in [0.05, 0.1) is 11.3 Å². The van der Waals surface area contributed by atoms with E-state index >= 15 is 0 Å². The van der Waals surface area contributed by atoms with Gasteiger partial charge in [-0.1, -0.05) is 30.3 Å². The summed E-state index contributed by atoms with van der Waals surface area (Å²) in [5.74, 6) is -0.329. The number of amides is 4. The van der Waals surface area contributed by atoms with E-state index in [1.807, 2.05) is 35.2 Å². The van der Waals surface area contributed by atoms with Gasteiger partial charge in [0.25, 0.3) is 5.91 Å². The van der Waals surface area contributed by atoms with Gasteiger partial charge in [0.2, 0.25) is 5.91 Å². The van der Waals surface area contributed by atoms with E-state index in [0.717, 1.165) is 13.1 Å². The van der Waals surface area contributed by atoms with E-state index < -0.39 is 0 Å². The van der Waals surface area contributed by atoms with Crippen LogP contribution in [0.15, 0.2) is 54.6 Å². The number of rotatable bonds is 4. The second-order valence-corrected chi connectivity index (χ2v) is 9.09. The van der Waals surface area contributed by atoms with Crippen LogP contribution >= 0.6 is 0 Å². The van der Waals surface area contributed by atoms with Crippen LogP contribution in [0.3, 0.4) is 0 Å². The number of hydrogen-bond donors (Lipinski definition) is 1. The van der Waals surface area contributed by atoms with Crippen LogP contribution in [0, 0.1) is 5.92 Å². The molecule has 0 unspecified atom stereocenters. The lowest BCUT2D eigenvalue weighted by molar-refractivity contribution is -0.121. The van der Waals surface area contributed by atoms with Gasteiger partial charge in [-0.15, -0.1) is 0 Å². The van der Waals surface area contributed by atoms with Crippen molar-refractivity contribution in [3.05, 3.63) is 60.2 Å². The average Bonchev–Trinajstić information content (AvgIpc) is 2.89. The van der Waals surface area contributed by atoms with Gasteiger partial charge in [0.15, 0.2) is 0 Å². The molecule has 4 amide bonds. The third kappa shape index (κ3) is 5.32. The lowest BCUT2D eigenvalue weighted by Crippen LogP contribution is -2.49. The molecule has 8 nitrogen and oxygen atoms in total. The Morgan fingerprint density at radius 2 is 1.41 bits per heavy atom. The van der Waals surface area contributed by atoms with Crippen LogP contribution in [0.2, 0.25) is 0 Å². The van der Waals surface area contributed by atoms with E-state index in [0.29, 0.717) is 50.3 Å². The SMILES string of the molecule is CN(C)C(=O)N1CCC(C(=O)Nc2ccccc2C(=O)N2CCN(c3ccccc3)CC2)CC1. The highest BCUT2D eigenvalue weighted by Gasteiger charge is 2.29. The fourth-order valence-corrected chi connectivity index (χ4v) is 4.61. The molecule has 8 heteroatoms. The second kappa shape index (κ2) is 10.6. The number of nitrogens with zero attached hydrogens (tertiary/aromatic N) is 4. The van der Waals surface area contributed by atoms with E-state index in [4.69, 9.17) is 0 Å². The molecule has 34 heavy (non-hydrogen) atoms. The zero-order valence-electron chi connectivity index (χ0n) is 19.9. The lowest BCUT2D eigenvalue weighted by atomic mass is 9.95. The van der Waals surface area contributed by atoms with Crippen LogP contribution in [0.25, 0.3) is 0 Å². The highest BCUT2D eigenvalue weighted by atomic mass is 16.2. The van der Waals surface area contributed by atoms with Gasteiger partial charge in [-0.3, -0.25) is 9.59 Å². The van der Waals surface area contributed by atoms with E-state index in [-0.39, 0.29) is 23.8 Å². The number of urea groups is 1. The van der Waals surface area contributed by atoms with Crippen molar-refractivity contribution in [1.82, 2.24) is 14.7 Å². The molecule has 0 saturated carbocycles. The van der Waals surface area contributed by atoms with Crippen molar-refractivity contribution in [2.45, 2.75) is 12.8 Å². The standard InChI is InChI=1S/C26H33N5O3/c1-28(2)26(34)31-14-12-20(13-15-31)24(32)27-23-11-7-6-10-22(23)25(33)30-18-16-29(17-19-30)21-8-4-3-5-9-21/h3-11,20H,12-19H2,1-2H3,(H,27,32). The molecule has 180 valence electrons. The summed E-state index contributed by atoms with van der Waals surface area (Å²) < 4.78 is 0. The largest absolute Gasteiger partial charge is 0.368 e. The van der Waals surface area contributed by atoms with Gasteiger partial charge >= 0.3 is 6.03 Å². The van der Waals surface area contributed by atoms with Gasteiger partial charge < -0.3 is 24.9 Å². The van der Waals surface area contributed by atoms with Crippen LogP contribution in [0.5, 0.6) is 0 Å². The van der Waals surface area contributed by atoms with Crippen LogP contribution in [0.4, 0.5) is 16.2 Å². The molecule has 0 spiro atoms. The van der Waals surface area contributed by atoms with Crippen molar-refractivity contribution in [3.8, 4) is 0 Å².